The Morgan fingerprint density at radius 2 is 2.13 bits per heavy atom. The van der Waals surface area contributed by atoms with Crippen LogP contribution in [0.5, 0.6) is 0 Å². The number of ether oxygens (including phenoxy) is 1. The van der Waals surface area contributed by atoms with Crippen LogP contribution in [-0.2, 0) is 4.74 Å². The zero-order valence-corrected chi connectivity index (χ0v) is 14.2. The molecule has 23 heavy (non-hydrogen) atoms. The maximum absolute atomic E-state index is 12.5. The van der Waals surface area contributed by atoms with Crippen molar-refractivity contribution >= 4 is 24.0 Å². The number of amides is 1. The highest BCUT2D eigenvalue weighted by molar-refractivity contribution is 5.95. The number of aliphatic hydroxyl groups is 1. The van der Waals surface area contributed by atoms with E-state index >= 15 is 0 Å². The molecule has 128 valence electrons. The number of piperidine rings is 1. The largest absolute Gasteiger partial charge is 0.399 e. The first-order valence-corrected chi connectivity index (χ1v) is 8.01. The number of hydrogen-bond donors (Lipinski definition) is 2. The van der Waals surface area contributed by atoms with Gasteiger partial charge in [0, 0.05) is 42.8 Å². The van der Waals surface area contributed by atoms with Gasteiger partial charge in [0.05, 0.1) is 12.2 Å². The fraction of sp³-hybridized carbons (Fsp3) is 0.588. The van der Waals surface area contributed by atoms with Gasteiger partial charge in [-0.2, -0.15) is 0 Å². The van der Waals surface area contributed by atoms with E-state index in [-0.39, 0.29) is 35.9 Å². The van der Waals surface area contributed by atoms with Crippen molar-refractivity contribution in [2.45, 2.75) is 38.4 Å². The molecule has 0 radical (unpaired) electrons. The van der Waals surface area contributed by atoms with Crippen LogP contribution in [0.2, 0.25) is 0 Å². The number of likely N-dealkylation sites (tertiary alicyclic amines) is 1. The van der Waals surface area contributed by atoms with Crippen molar-refractivity contribution in [3.8, 4) is 0 Å². The smallest absolute Gasteiger partial charge is 0.253 e. The maximum atomic E-state index is 12.5. The summed E-state index contributed by atoms with van der Waals surface area (Å²) in [5, 5.41) is 10.2. The van der Waals surface area contributed by atoms with Crippen molar-refractivity contribution in [1.82, 2.24) is 4.90 Å². The number of aliphatic hydroxyl groups excluding tert-OH is 1. The third-order valence-corrected chi connectivity index (χ3v) is 5.23. The van der Waals surface area contributed by atoms with Crippen LogP contribution in [-0.4, -0.2) is 47.8 Å². The highest BCUT2D eigenvalue weighted by atomic mass is 35.5. The van der Waals surface area contributed by atoms with Gasteiger partial charge in [-0.05, 0) is 38.0 Å². The molecule has 2 unspecified atom stereocenters. The monoisotopic (exact) mass is 340 g/mol. The number of nitrogen functional groups attached to an aromatic ring is 1. The molecule has 0 aromatic heterocycles. The van der Waals surface area contributed by atoms with E-state index in [1.54, 1.807) is 24.3 Å². The Labute approximate surface area is 143 Å². The lowest BCUT2D eigenvalue weighted by molar-refractivity contribution is -0.207. The SMILES string of the molecule is CCOC1CC(O)C12CCN(C(=O)c1cccc(N)c1)CC2.Cl. The average molecular weight is 341 g/mol. The van der Waals surface area contributed by atoms with Crippen molar-refractivity contribution in [3.63, 3.8) is 0 Å². The molecule has 0 bridgehead atoms. The molecule has 1 aliphatic heterocycles. The standard InChI is InChI=1S/C17H24N2O3.ClH/c1-2-22-15-11-14(20)17(15)6-8-19(9-7-17)16(21)12-4-3-5-13(18)10-12;/h3-5,10,14-15,20H,2,6-9,11,18H2,1H3;1H. The van der Waals surface area contributed by atoms with Gasteiger partial charge in [-0.3, -0.25) is 4.79 Å². The van der Waals surface area contributed by atoms with Crippen LogP contribution < -0.4 is 5.73 Å². The quantitative estimate of drug-likeness (QED) is 0.826. The average Bonchev–Trinajstić information content (AvgIpc) is 2.54. The van der Waals surface area contributed by atoms with Gasteiger partial charge in [0.1, 0.15) is 0 Å². The number of nitrogens with two attached hydrogens (primary N) is 1. The molecule has 2 aliphatic rings. The fourth-order valence-electron chi connectivity index (χ4n) is 3.80. The van der Waals surface area contributed by atoms with E-state index in [1.807, 2.05) is 11.8 Å². The van der Waals surface area contributed by atoms with Crippen LogP contribution in [0.3, 0.4) is 0 Å². The molecular formula is C17H25ClN2O3. The maximum Gasteiger partial charge on any atom is 0.253 e. The molecule has 6 heteroatoms. The van der Waals surface area contributed by atoms with Crippen LogP contribution in [0.25, 0.3) is 0 Å². The number of anilines is 1. The van der Waals surface area contributed by atoms with Gasteiger partial charge in [0.25, 0.3) is 5.91 Å². The van der Waals surface area contributed by atoms with Crippen LogP contribution in [0, 0.1) is 5.41 Å². The van der Waals surface area contributed by atoms with Gasteiger partial charge in [-0.15, -0.1) is 12.4 Å². The van der Waals surface area contributed by atoms with E-state index < -0.39 is 0 Å². The van der Waals surface area contributed by atoms with Crippen molar-refractivity contribution in [3.05, 3.63) is 29.8 Å². The molecule has 2 fully saturated rings. The van der Waals surface area contributed by atoms with Crippen molar-refractivity contribution < 1.29 is 14.6 Å². The Hall–Kier alpha value is -1.30. The zero-order valence-electron chi connectivity index (χ0n) is 13.4. The van der Waals surface area contributed by atoms with Gasteiger partial charge in [-0.25, -0.2) is 0 Å². The molecule has 3 N–H and O–H groups in total. The number of carbonyl (C=O) groups is 1. The Morgan fingerprint density at radius 1 is 1.43 bits per heavy atom. The fourth-order valence-corrected chi connectivity index (χ4v) is 3.80. The highest BCUT2D eigenvalue weighted by Crippen LogP contribution is 2.51. The van der Waals surface area contributed by atoms with E-state index in [4.69, 9.17) is 10.5 Å². The second-order valence-corrected chi connectivity index (χ2v) is 6.35. The number of carbonyl (C=O) groups excluding carboxylic acids is 1. The molecule has 1 amide bonds. The minimum atomic E-state index is -0.298. The van der Waals surface area contributed by atoms with Crippen molar-refractivity contribution in [2.24, 2.45) is 5.41 Å². The highest BCUT2D eigenvalue weighted by Gasteiger charge is 2.56. The van der Waals surface area contributed by atoms with Gasteiger partial charge < -0.3 is 20.5 Å². The molecule has 1 aliphatic carbocycles. The van der Waals surface area contributed by atoms with Crippen LogP contribution in [0.4, 0.5) is 5.69 Å². The predicted molar refractivity (Wildman–Crippen MR) is 91.7 cm³/mol. The lowest BCUT2D eigenvalue weighted by atomic mass is 9.58. The summed E-state index contributed by atoms with van der Waals surface area (Å²) in [7, 11) is 0. The number of benzene rings is 1. The Kier molecular flexibility index (Phi) is 5.55. The molecule has 2 atom stereocenters. The van der Waals surface area contributed by atoms with Crippen LogP contribution in [0.1, 0.15) is 36.5 Å². The molecule has 1 aromatic rings. The van der Waals surface area contributed by atoms with Gasteiger partial charge in [-0.1, -0.05) is 6.07 Å². The van der Waals surface area contributed by atoms with E-state index in [1.165, 1.54) is 0 Å². The van der Waals surface area contributed by atoms with E-state index in [0.717, 1.165) is 19.3 Å². The third-order valence-electron chi connectivity index (χ3n) is 5.23. The molecule has 3 rings (SSSR count). The summed E-state index contributed by atoms with van der Waals surface area (Å²) in [5.74, 6) is 0.0175. The van der Waals surface area contributed by atoms with Gasteiger partial charge in [0.15, 0.2) is 0 Å². The molecule has 1 saturated heterocycles. The zero-order chi connectivity index (χ0) is 15.7. The predicted octanol–water partition coefficient (Wildman–Crippen LogP) is 2.08. The molecule has 1 saturated carbocycles. The Bertz CT molecular complexity index is 557. The summed E-state index contributed by atoms with van der Waals surface area (Å²) in [6.45, 7) is 3.98. The molecular weight excluding hydrogens is 316 g/mol. The molecule has 5 nitrogen and oxygen atoms in total. The number of hydrogen-bond acceptors (Lipinski definition) is 4. The van der Waals surface area contributed by atoms with E-state index in [0.29, 0.717) is 30.9 Å². The Balaban J connectivity index is 0.00000192. The summed E-state index contributed by atoms with van der Waals surface area (Å²) in [5.41, 5.74) is 6.83. The topological polar surface area (TPSA) is 75.8 Å². The number of rotatable bonds is 3. The minimum Gasteiger partial charge on any atom is -0.399 e. The van der Waals surface area contributed by atoms with Gasteiger partial charge in [0.2, 0.25) is 0 Å². The molecule has 1 heterocycles. The molecule has 1 aromatic carbocycles. The summed E-state index contributed by atoms with van der Waals surface area (Å²) in [4.78, 5) is 14.4. The van der Waals surface area contributed by atoms with E-state index in [9.17, 15) is 9.90 Å². The number of halogens is 1. The Morgan fingerprint density at radius 3 is 2.70 bits per heavy atom. The summed E-state index contributed by atoms with van der Waals surface area (Å²) < 4.78 is 5.76. The lowest BCUT2D eigenvalue weighted by Crippen LogP contribution is -2.62. The second-order valence-electron chi connectivity index (χ2n) is 6.35. The lowest BCUT2D eigenvalue weighted by Gasteiger charge is -2.56. The van der Waals surface area contributed by atoms with Gasteiger partial charge >= 0.3 is 0 Å². The minimum absolute atomic E-state index is 0. The first kappa shape index (κ1) is 18.0. The summed E-state index contributed by atoms with van der Waals surface area (Å²) in [6, 6.07) is 7.09. The second kappa shape index (κ2) is 7.07. The summed E-state index contributed by atoms with van der Waals surface area (Å²) >= 11 is 0. The van der Waals surface area contributed by atoms with Crippen molar-refractivity contribution in [2.75, 3.05) is 25.4 Å². The normalized spacial score (nSPS) is 25.6. The van der Waals surface area contributed by atoms with Crippen molar-refractivity contribution in [1.29, 1.82) is 0 Å². The third kappa shape index (κ3) is 3.18. The molecule has 1 spiro atoms. The first-order valence-electron chi connectivity index (χ1n) is 8.01. The first-order chi connectivity index (χ1) is 10.6. The summed E-state index contributed by atoms with van der Waals surface area (Å²) in [6.07, 6.45) is 2.15. The van der Waals surface area contributed by atoms with E-state index in [2.05, 4.69) is 0 Å². The number of nitrogens with zero attached hydrogens (tertiary/aromatic N) is 1. The van der Waals surface area contributed by atoms with Crippen LogP contribution in [0.15, 0.2) is 24.3 Å². The van der Waals surface area contributed by atoms with Crippen LogP contribution >= 0.6 is 12.4 Å².